The highest BCUT2D eigenvalue weighted by atomic mass is 16.5. The summed E-state index contributed by atoms with van der Waals surface area (Å²) in [6.45, 7) is 2.77. The smallest absolute Gasteiger partial charge is 0.123 e. The van der Waals surface area contributed by atoms with E-state index in [1.54, 1.807) is 13.2 Å². The van der Waals surface area contributed by atoms with Crippen molar-refractivity contribution in [3.63, 3.8) is 0 Å². The zero-order valence-electron chi connectivity index (χ0n) is 11.8. The van der Waals surface area contributed by atoms with E-state index in [2.05, 4.69) is 42.6 Å². The number of nitriles is 1. The topological polar surface area (TPSA) is 45.0 Å². The standard InChI is InChI=1S/C17H18N2O/c1-3-13-4-7-16(8-5-13)19-12-15-10-14(11-18)6-9-17(15)20-2/h4-10,19H,3,12H2,1-2H3. The van der Waals surface area contributed by atoms with Gasteiger partial charge < -0.3 is 10.1 Å². The Balaban J connectivity index is 2.11. The fraction of sp³-hybridized carbons (Fsp3) is 0.235. The Morgan fingerprint density at radius 3 is 2.50 bits per heavy atom. The van der Waals surface area contributed by atoms with Gasteiger partial charge in [0.1, 0.15) is 5.75 Å². The van der Waals surface area contributed by atoms with Gasteiger partial charge in [-0.1, -0.05) is 19.1 Å². The summed E-state index contributed by atoms with van der Waals surface area (Å²) in [7, 11) is 1.64. The average molecular weight is 266 g/mol. The molecule has 1 N–H and O–H groups in total. The van der Waals surface area contributed by atoms with Crippen molar-refractivity contribution in [2.24, 2.45) is 0 Å². The van der Waals surface area contributed by atoms with Gasteiger partial charge in [0.25, 0.3) is 0 Å². The lowest BCUT2D eigenvalue weighted by molar-refractivity contribution is 0.410. The van der Waals surface area contributed by atoms with E-state index in [4.69, 9.17) is 10.00 Å². The predicted octanol–water partition coefficient (Wildman–Crippen LogP) is 3.74. The summed E-state index contributed by atoms with van der Waals surface area (Å²) in [4.78, 5) is 0. The first-order valence-electron chi connectivity index (χ1n) is 6.66. The molecule has 0 aliphatic heterocycles. The fourth-order valence-electron chi connectivity index (χ4n) is 2.04. The molecular formula is C17H18N2O. The molecule has 0 atom stereocenters. The molecule has 0 amide bonds. The minimum absolute atomic E-state index is 0.629. The lowest BCUT2D eigenvalue weighted by Gasteiger charge is -2.11. The molecule has 0 aliphatic carbocycles. The van der Waals surface area contributed by atoms with Crippen LogP contribution in [0.1, 0.15) is 23.6 Å². The summed E-state index contributed by atoms with van der Waals surface area (Å²) >= 11 is 0. The molecule has 102 valence electrons. The number of anilines is 1. The minimum atomic E-state index is 0.629. The molecule has 0 saturated heterocycles. The number of rotatable bonds is 5. The molecule has 20 heavy (non-hydrogen) atoms. The van der Waals surface area contributed by atoms with Crippen LogP contribution in [0.3, 0.4) is 0 Å². The molecule has 0 fully saturated rings. The summed E-state index contributed by atoms with van der Waals surface area (Å²) in [6.07, 6.45) is 1.04. The van der Waals surface area contributed by atoms with Crippen LogP contribution in [0, 0.1) is 11.3 Å². The van der Waals surface area contributed by atoms with Crippen molar-refractivity contribution < 1.29 is 4.74 Å². The van der Waals surface area contributed by atoms with E-state index in [-0.39, 0.29) is 0 Å². The summed E-state index contributed by atoms with van der Waals surface area (Å²) in [5.74, 6) is 0.793. The molecule has 2 aromatic rings. The van der Waals surface area contributed by atoms with Gasteiger partial charge in [0.05, 0.1) is 18.7 Å². The molecule has 0 aromatic heterocycles. The number of nitrogens with one attached hydrogen (secondary N) is 1. The van der Waals surface area contributed by atoms with Crippen molar-refractivity contribution in [3.05, 3.63) is 59.2 Å². The molecule has 3 nitrogen and oxygen atoms in total. The van der Waals surface area contributed by atoms with Gasteiger partial charge >= 0.3 is 0 Å². The first kappa shape index (κ1) is 14.0. The molecule has 0 saturated carbocycles. The quantitative estimate of drug-likeness (QED) is 0.896. The average Bonchev–Trinajstić information content (AvgIpc) is 2.53. The van der Waals surface area contributed by atoms with Crippen LogP contribution in [0.15, 0.2) is 42.5 Å². The first-order chi connectivity index (χ1) is 9.76. The second kappa shape index (κ2) is 6.63. The number of methoxy groups -OCH3 is 1. The van der Waals surface area contributed by atoms with Crippen LogP contribution in [0.2, 0.25) is 0 Å². The number of hydrogen-bond donors (Lipinski definition) is 1. The molecule has 2 aromatic carbocycles. The maximum Gasteiger partial charge on any atom is 0.123 e. The van der Waals surface area contributed by atoms with Gasteiger partial charge in [-0.25, -0.2) is 0 Å². The SMILES string of the molecule is CCc1ccc(NCc2cc(C#N)ccc2OC)cc1. The summed E-state index contributed by atoms with van der Waals surface area (Å²) in [6, 6.07) is 16.0. The highest BCUT2D eigenvalue weighted by Crippen LogP contribution is 2.21. The largest absolute Gasteiger partial charge is 0.496 e. The van der Waals surface area contributed by atoms with E-state index in [1.165, 1.54) is 5.56 Å². The first-order valence-corrected chi connectivity index (χ1v) is 6.66. The van der Waals surface area contributed by atoms with Crippen molar-refractivity contribution in [3.8, 4) is 11.8 Å². The van der Waals surface area contributed by atoms with Gasteiger partial charge in [-0.3, -0.25) is 0 Å². The monoisotopic (exact) mass is 266 g/mol. The van der Waals surface area contributed by atoms with Crippen LogP contribution in [-0.4, -0.2) is 7.11 Å². The zero-order valence-corrected chi connectivity index (χ0v) is 11.8. The Hall–Kier alpha value is -2.47. The second-order valence-electron chi connectivity index (χ2n) is 4.54. The molecule has 0 heterocycles. The number of aryl methyl sites for hydroxylation is 1. The predicted molar refractivity (Wildman–Crippen MR) is 80.9 cm³/mol. The van der Waals surface area contributed by atoms with Crippen LogP contribution in [0.25, 0.3) is 0 Å². The van der Waals surface area contributed by atoms with Crippen LogP contribution < -0.4 is 10.1 Å². The van der Waals surface area contributed by atoms with Crippen molar-refractivity contribution in [1.29, 1.82) is 5.26 Å². The normalized spacial score (nSPS) is 9.85. The van der Waals surface area contributed by atoms with E-state index in [0.29, 0.717) is 12.1 Å². The van der Waals surface area contributed by atoms with E-state index in [0.717, 1.165) is 23.4 Å². The fourth-order valence-corrected chi connectivity index (χ4v) is 2.04. The minimum Gasteiger partial charge on any atom is -0.496 e. The van der Waals surface area contributed by atoms with E-state index in [9.17, 15) is 0 Å². The molecule has 0 spiro atoms. The van der Waals surface area contributed by atoms with Gasteiger partial charge in [-0.2, -0.15) is 5.26 Å². The molecule has 0 aliphatic rings. The number of benzene rings is 2. The summed E-state index contributed by atoms with van der Waals surface area (Å²) < 4.78 is 5.32. The van der Waals surface area contributed by atoms with Crippen LogP contribution in [0.4, 0.5) is 5.69 Å². The second-order valence-corrected chi connectivity index (χ2v) is 4.54. The third-order valence-corrected chi connectivity index (χ3v) is 3.25. The van der Waals surface area contributed by atoms with Crippen LogP contribution in [0.5, 0.6) is 5.75 Å². The third kappa shape index (κ3) is 3.30. The lowest BCUT2D eigenvalue weighted by Crippen LogP contribution is -2.02. The molecule has 0 radical (unpaired) electrons. The van der Waals surface area contributed by atoms with Gasteiger partial charge in [0, 0.05) is 17.8 Å². The summed E-state index contributed by atoms with van der Waals surface area (Å²) in [5, 5.41) is 12.3. The van der Waals surface area contributed by atoms with Gasteiger partial charge in [0.15, 0.2) is 0 Å². The van der Waals surface area contributed by atoms with Crippen molar-refractivity contribution in [2.45, 2.75) is 19.9 Å². The van der Waals surface area contributed by atoms with Gasteiger partial charge in [0.2, 0.25) is 0 Å². The Morgan fingerprint density at radius 2 is 1.90 bits per heavy atom. The zero-order chi connectivity index (χ0) is 14.4. The van der Waals surface area contributed by atoms with Crippen molar-refractivity contribution in [2.75, 3.05) is 12.4 Å². The highest BCUT2D eigenvalue weighted by Gasteiger charge is 2.04. The Kier molecular flexibility index (Phi) is 4.62. The molecule has 3 heteroatoms. The van der Waals surface area contributed by atoms with Crippen LogP contribution >= 0.6 is 0 Å². The third-order valence-electron chi connectivity index (χ3n) is 3.25. The maximum absolute atomic E-state index is 8.96. The Bertz CT molecular complexity index is 612. The lowest BCUT2D eigenvalue weighted by atomic mass is 10.1. The van der Waals surface area contributed by atoms with Crippen molar-refractivity contribution in [1.82, 2.24) is 0 Å². The number of hydrogen-bond acceptors (Lipinski definition) is 3. The Labute approximate surface area is 119 Å². The number of ether oxygens (including phenoxy) is 1. The van der Waals surface area contributed by atoms with Crippen molar-refractivity contribution >= 4 is 5.69 Å². The molecule has 0 unspecified atom stereocenters. The number of nitrogens with zero attached hydrogens (tertiary/aromatic N) is 1. The maximum atomic E-state index is 8.96. The Morgan fingerprint density at radius 1 is 1.15 bits per heavy atom. The van der Waals surface area contributed by atoms with Gasteiger partial charge in [-0.05, 0) is 42.3 Å². The highest BCUT2D eigenvalue weighted by molar-refractivity contribution is 5.48. The van der Waals surface area contributed by atoms with Crippen LogP contribution in [-0.2, 0) is 13.0 Å². The molecular weight excluding hydrogens is 248 g/mol. The molecule has 0 bridgehead atoms. The summed E-state index contributed by atoms with van der Waals surface area (Å²) in [5.41, 5.74) is 4.00. The van der Waals surface area contributed by atoms with E-state index >= 15 is 0 Å². The van der Waals surface area contributed by atoms with Gasteiger partial charge in [-0.15, -0.1) is 0 Å². The van der Waals surface area contributed by atoms with E-state index < -0.39 is 0 Å². The van der Waals surface area contributed by atoms with E-state index in [1.807, 2.05) is 12.1 Å². The molecule has 2 rings (SSSR count).